The highest BCUT2D eigenvalue weighted by atomic mass is 16.2. The van der Waals surface area contributed by atoms with Crippen molar-refractivity contribution in [2.75, 3.05) is 16.8 Å². The van der Waals surface area contributed by atoms with Gasteiger partial charge in [-0.1, -0.05) is 37.1 Å². The van der Waals surface area contributed by atoms with Gasteiger partial charge in [-0.3, -0.25) is 4.79 Å². The third-order valence-electron chi connectivity index (χ3n) is 5.78. The van der Waals surface area contributed by atoms with Crippen molar-refractivity contribution in [2.24, 2.45) is 0 Å². The molecule has 1 aliphatic heterocycles. The summed E-state index contributed by atoms with van der Waals surface area (Å²) in [7, 11) is 0. The van der Waals surface area contributed by atoms with Crippen molar-refractivity contribution in [1.29, 1.82) is 0 Å². The van der Waals surface area contributed by atoms with Gasteiger partial charge in [-0.25, -0.2) is 0 Å². The van der Waals surface area contributed by atoms with Crippen molar-refractivity contribution in [3.63, 3.8) is 0 Å². The molecule has 3 nitrogen and oxygen atoms in total. The maximum absolute atomic E-state index is 12.0. The summed E-state index contributed by atoms with van der Waals surface area (Å²) in [6.45, 7) is 1.68. The number of hydrogen-bond acceptors (Lipinski definition) is 2. The van der Waals surface area contributed by atoms with E-state index in [0.717, 1.165) is 43.2 Å². The van der Waals surface area contributed by atoms with Gasteiger partial charge < -0.3 is 10.2 Å². The molecule has 26 heavy (non-hydrogen) atoms. The quantitative estimate of drug-likeness (QED) is 0.777. The van der Waals surface area contributed by atoms with Gasteiger partial charge in [0.2, 0.25) is 5.91 Å². The monoisotopic (exact) mass is 348 g/mol. The van der Waals surface area contributed by atoms with Crippen molar-refractivity contribution >= 4 is 17.3 Å². The number of benzene rings is 2. The van der Waals surface area contributed by atoms with Gasteiger partial charge in [0.15, 0.2) is 0 Å². The van der Waals surface area contributed by atoms with E-state index in [2.05, 4.69) is 53.8 Å². The fourth-order valence-corrected chi connectivity index (χ4v) is 4.26. The van der Waals surface area contributed by atoms with Crippen LogP contribution in [0.25, 0.3) is 0 Å². The summed E-state index contributed by atoms with van der Waals surface area (Å²) in [5, 5.41) is 3.52. The minimum atomic E-state index is 0.251. The van der Waals surface area contributed by atoms with Gasteiger partial charge in [0.1, 0.15) is 0 Å². The minimum absolute atomic E-state index is 0.251. The topological polar surface area (TPSA) is 32.3 Å². The number of rotatable bonds is 5. The van der Waals surface area contributed by atoms with E-state index in [-0.39, 0.29) is 5.91 Å². The Bertz CT molecular complexity index is 747. The van der Waals surface area contributed by atoms with Crippen LogP contribution in [0.4, 0.5) is 11.4 Å². The lowest BCUT2D eigenvalue weighted by molar-refractivity contribution is -0.119. The zero-order valence-electron chi connectivity index (χ0n) is 15.4. The predicted octanol–water partition coefficient (Wildman–Crippen LogP) is 5.47. The molecular formula is C23H28N2O. The van der Waals surface area contributed by atoms with Crippen molar-refractivity contribution in [2.45, 2.75) is 57.4 Å². The maximum Gasteiger partial charge on any atom is 0.226 e. The number of nitrogens with zero attached hydrogens (tertiary/aromatic N) is 1. The Morgan fingerprint density at radius 1 is 0.962 bits per heavy atom. The first kappa shape index (κ1) is 17.1. The van der Waals surface area contributed by atoms with Crippen LogP contribution in [0.2, 0.25) is 0 Å². The molecule has 1 aliphatic carbocycles. The second-order valence-corrected chi connectivity index (χ2v) is 7.63. The van der Waals surface area contributed by atoms with Crippen LogP contribution in [0.3, 0.4) is 0 Å². The first-order valence-electron chi connectivity index (χ1n) is 10.0. The molecule has 3 heteroatoms. The zero-order chi connectivity index (χ0) is 17.8. The summed E-state index contributed by atoms with van der Waals surface area (Å²) in [5.41, 5.74) is 4.96. The Balaban J connectivity index is 1.37. The van der Waals surface area contributed by atoms with Crippen LogP contribution < -0.4 is 10.2 Å². The average molecular weight is 348 g/mol. The second-order valence-electron chi connectivity index (χ2n) is 7.63. The van der Waals surface area contributed by atoms with Crippen LogP contribution >= 0.6 is 0 Å². The summed E-state index contributed by atoms with van der Waals surface area (Å²) >= 11 is 0. The first-order valence-corrected chi connectivity index (χ1v) is 10.0. The fourth-order valence-electron chi connectivity index (χ4n) is 4.26. The van der Waals surface area contributed by atoms with Gasteiger partial charge in [-0.2, -0.15) is 0 Å². The number of amides is 1. The van der Waals surface area contributed by atoms with E-state index in [9.17, 15) is 4.79 Å². The normalized spacial score (nSPS) is 18.3. The standard InChI is InChI=1S/C23H28N2O/c26-23-10-3-4-15-25(23)22-13-11-21(12-14-22)24-17-18-6-5-9-20(16-18)19-7-1-2-8-19/h5-6,9,11-14,16,19,24H,1-4,7-8,10,15,17H2. The van der Waals surface area contributed by atoms with Gasteiger partial charge in [-0.05, 0) is 67.0 Å². The average Bonchev–Trinajstić information content (AvgIpc) is 3.22. The van der Waals surface area contributed by atoms with Crippen molar-refractivity contribution in [3.8, 4) is 0 Å². The van der Waals surface area contributed by atoms with E-state index in [1.165, 1.54) is 36.8 Å². The van der Waals surface area contributed by atoms with Crippen LogP contribution in [0, 0.1) is 0 Å². The van der Waals surface area contributed by atoms with Crippen molar-refractivity contribution in [3.05, 3.63) is 59.7 Å². The van der Waals surface area contributed by atoms with Crippen molar-refractivity contribution in [1.82, 2.24) is 0 Å². The van der Waals surface area contributed by atoms with Gasteiger partial charge in [0.05, 0.1) is 0 Å². The van der Waals surface area contributed by atoms with E-state index in [0.29, 0.717) is 6.42 Å². The molecule has 4 rings (SSSR count). The van der Waals surface area contributed by atoms with Crippen molar-refractivity contribution < 1.29 is 4.79 Å². The Labute approximate surface area is 156 Å². The number of nitrogens with one attached hydrogen (secondary N) is 1. The molecule has 1 saturated carbocycles. The Morgan fingerprint density at radius 3 is 2.54 bits per heavy atom. The molecule has 1 amide bonds. The number of carbonyl (C=O) groups is 1. The van der Waals surface area contributed by atoms with E-state index >= 15 is 0 Å². The molecule has 1 heterocycles. The maximum atomic E-state index is 12.0. The molecule has 0 aromatic heterocycles. The summed E-state index contributed by atoms with van der Waals surface area (Å²) in [5.74, 6) is 1.01. The molecule has 2 fully saturated rings. The third-order valence-corrected chi connectivity index (χ3v) is 5.78. The van der Waals surface area contributed by atoms with Gasteiger partial charge >= 0.3 is 0 Å². The number of carbonyl (C=O) groups excluding carboxylic acids is 1. The van der Waals surface area contributed by atoms with Crippen LogP contribution in [0.1, 0.15) is 62.0 Å². The Morgan fingerprint density at radius 2 is 1.77 bits per heavy atom. The van der Waals surface area contributed by atoms with Gasteiger partial charge in [0, 0.05) is 30.9 Å². The molecule has 2 aromatic rings. The van der Waals surface area contributed by atoms with Crippen LogP contribution in [-0.2, 0) is 11.3 Å². The van der Waals surface area contributed by atoms with Gasteiger partial charge in [0.25, 0.3) is 0 Å². The molecular weight excluding hydrogens is 320 g/mol. The molecule has 2 aromatic carbocycles. The summed E-state index contributed by atoms with van der Waals surface area (Å²) < 4.78 is 0. The van der Waals surface area contributed by atoms with Gasteiger partial charge in [-0.15, -0.1) is 0 Å². The second kappa shape index (κ2) is 7.94. The minimum Gasteiger partial charge on any atom is -0.381 e. The van der Waals surface area contributed by atoms with Crippen LogP contribution in [-0.4, -0.2) is 12.5 Å². The molecule has 136 valence electrons. The predicted molar refractivity (Wildman–Crippen MR) is 108 cm³/mol. The third kappa shape index (κ3) is 3.92. The Kier molecular flexibility index (Phi) is 5.24. The number of hydrogen-bond donors (Lipinski definition) is 1. The molecule has 1 saturated heterocycles. The summed E-state index contributed by atoms with van der Waals surface area (Å²) in [6, 6.07) is 17.3. The zero-order valence-corrected chi connectivity index (χ0v) is 15.4. The number of piperidine rings is 1. The first-order chi connectivity index (χ1) is 12.8. The van der Waals surface area contributed by atoms with E-state index in [4.69, 9.17) is 0 Å². The lowest BCUT2D eigenvalue weighted by Gasteiger charge is -2.26. The molecule has 0 radical (unpaired) electrons. The van der Waals surface area contributed by atoms with E-state index in [1.54, 1.807) is 0 Å². The summed E-state index contributed by atoms with van der Waals surface area (Å²) in [6.07, 6.45) is 8.23. The number of anilines is 2. The largest absolute Gasteiger partial charge is 0.381 e. The molecule has 0 spiro atoms. The molecule has 0 unspecified atom stereocenters. The van der Waals surface area contributed by atoms with Crippen LogP contribution in [0.15, 0.2) is 48.5 Å². The van der Waals surface area contributed by atoms with E-state index in [1.807, 2.05) is 4.90 Å². The SMILES string of the molecule is O=C1CCCCN1c1ccc(NCc2cccc(C3CCCC3)c2)cc1. The highest BCUT2D eigenvalue weighted by Gasteiger charge is 2.19. The molecule has 2 aliphatic rings. The summed E-state index contributed by atoms with van der Waals surface area (Å²) in [4.78, 5) is 14.0. The molecule has 0 atom stereocenters. The highest BCUT2D eigenvalue weighted by molar-refractivity contribution is 5.94. The fraction of sp³-hybridized carbons (Fsp3) is 0.435. The molecule has 0 bridgehead atoms. The molecule has 1 N–H and O–H groups in total. The van der Waals surface area contributed by atoms with Crippen LogP contribution in [0.5, 0.6) is 0 Å². The highest BCUT2D eigenvalue weighted by Crippen LogP contribution is 2.34. The Hall–Kier alpha value is -2.29. The van der Waals surface area contributed by atoms with E-state index < -0.39 is 0 Å². The lowest BCUT2D eigenvalue weighted by atomic mass is 9.96. The lowest BCUT2D eigenvalue weighted by Crippen LogP contribution is -2.35. The smallest absolute Gasteiger partial charge is 0.226 e.